The van der Waals surface area contributed by atoms with Gasteiger partial charge in [0.05, 0.1) is 17.8 Å². The van der Waals surface area contributed by atoms with Gasteiger partial charge < -0.3 is 4.74 Å². The van der Waals surface area contributed by atoms with Crippen LogP contribution < -0.4 is 0 Å². The van der Waals surface area contributed by atoms with Gasteiger partial charge in [-0.25, -0.2) is 4.98 Å². The van der Waals surface area contributed by atoms with Gasteiger partial charge in [0.1, 0.15) is 11.6 Å². The minimum atomic E-state index is 0.0183. The van der Waals surface area contributed by atoms with Gasteiger partial charge in [-0.05, 0) is 55.8 Å². The first-order valence-corrected chi connectivity index (χ1v) is 10.1. The molecular formula is C19H23N3O2S. The molecule has 4 fully saturated rings. The van der Waals surface area contributed by atoms with Crippen molar-refractivity contribution in [3.8, 4) is 10.6 Å². The van der Waals surface area contributed by atoms with E-state index in [0.29, 0.717) is 18.4 Å². The number of thiazole rings is 1. The lowest BCUT2D eigenvalue weighted by Crippen LogP contribution is -2.48. The molecule has 0 saturated heterocycles. The SMILES string of the molecule is Cn1cc(-c2nc(COC(=O)C3C4CC5CC(C4)CC3C5)cs2)cn1. The van der Waals surface area contributed by atoms with Crippen molar-refractivity contribution in [2.75, 3.05) is 0 Å². The fourth-order valence-electron chi connectivity index (χ4n) is 5.59. The van der Waals surface area contributed by atoms with Crippen LogP contribution in [0.2, 0.25) is 0 Å². The van der Waals surface area contributed by atoms with Crippen molar-refractivity contribution >= 4 is 17.3 Å². The molecule has 2 aromatic rings. The zero-order chi connectivity index (χ0) is 17.0. The molecule has 0 spiro atoms. The van der Waals surface area contributed by atoms with E-state index in [1.807, 2.05) is 24.8 Å². The lowest BCUT2D eigenvalue weighted by molar-refractivity contribution is -0.163. The molecule has 4 aliphatic carbocycles. The molecule has 0 radical (unpaired) electrons. The van der Waals surface area contributed by atoms with Gasteiger partial charge in [-0.3, -0.25) is 9.48 Å². The lowest BCUT2D eigenvalue weighted by Gasteiger charge is -2.53. The summed E-state index contributed by atoms with van der Waals surface area (Å²) < 4.78 is 7.46. The van der Waals surface area contributed by atoms with Crippen molar-refractivity contribution in [1.82, 2.24) is 14.8 Å². The number of ether oxygens (including phenoxy) is 1. The summed E-state index contributed by atoms with van der Waals surface area (Å²) in [6, 6.07) is 0. The number of carbonyl (C=O) groups is 1. The zero-order valence-electron chi connectivity index (χ0n) is 14.4. The zero-order valence-corrected chi connectivity index (χ0v) is 15.2. The maximum atomic E-state index is 12.7. The van der Waals surface area contributed by atoms with E-state index < -0.39 is 0 Å². The maximum Gasteiger partial charge on any atom is 0.309 e. The molecule has 0 atom stereocenters. The molecule has 4 bridgehead atoms. The second-order valence-electron chi connectivity index (χ2n) is 8.11. The van der Waals surface area contributed by atoms with Gasteiger partial charge in [0.2, 0.25) is 0 Å². The van der Waals surface area contributed by atoms with Crippen LogP contribution in [0.4, 0.5) is 0 Å². The highest BCUT2D eigenvalue weighted by atomic mass is 32.1. The van der Waals surface area contributed by atoms with E-state index in [4.69, 9.17) is 4.74 Å². The Bertz CT molecular complexity index is 768. The van der Waals surface area contributed by atoms with Crippen LogP contribution in [0.25, 0.3) is 10.6 Å². The van der Waals surface area contributed by atoms with Crippen LogP contribution in [-0.4, -0.2) is 20.7 Å². The summed E-state index contributed by atoms with van der Waals surface area (Å²) in [6.07, 6.45) is 10.1. The minimum Gasteiger partial charge on any atom is -0.459 e. The van der Waals surface area contributed by atoms with Crippen molar-refractivity contribution in [3.63, 3.8) is 0 Å². The van der Waals surface area contributed by atoms with Gasteiger partial charge in [0.15, 0.2) is 0 Å². The number of esters is 1. The fraction of sp³-hybridized carbons (Fsp3) is 0.632. The Morgan fingerprint density at radius 3 is 2.60 bits per heavy atom. The summed E-state index contributed by atoms with van der Waals surface area (Å²) in [4.78, 5) is 17.3. The molecule has 2 aromatic heterocycles. The Hall–Kier alpha value is -1.69. The standard InChI is InChI=1S/C19H23N3O2S/c1-22-8-15(7-20-22)18-21-16(10-25-18)9-24-19(23)17-13-3-11-2-12(5-13)6-14(17)4-11/h7-8,10-14,17H,2-6,9H2,1H3. The first-order chi connectivity index (χ1) is 12.2. The number of hydrogen-bond acceptors (Lipinski definition) is 5. The summed E-state index contributed by atoms with van der Waals surface area (Å²) >= 11 is 1.57. The average Bonchev–Trinajstić information content (AvgIpc) is 3.20. The fourth-order valence-corrected chi connectivity index (χ4v) is 6.37. The van der Waals surface area contributed by atoms with Gasteiger partial charge in [0, 0.05) is 24.2 Å². The topological polar surface area (TPSA) is 57.0 Å². The molecule has 4 saturated carbocycles. The summed E-state index contributed by atoms with van der Waals surface area (Å²) in [6.45, 7) is 0.290. The third-order valence-corrected chi connectivity index (χ3v) is 7.30. The Balaban J connectivity index is 1.23. The van der Waals surface area contributed by atoms with Crippen LogP contribution in [0.1, 0.15) is 37.8 Å². The third kappa shape index (κ3) is 2.80. The number of carbonyl (C=O) groups excluding carboxylic acids is 1. The quantitative estimate of drug-likeness (QED) is 0.784. The lowest BCUT2D eigenvalue weighted by atomic mass is 9.52. The van der Waals surface area contributed by atoms with Crippen LogP contribution in [0.15, 0.2) is 17.8 Å². The van der Waals surface area contributed by atoms with Gasteiger partial charge in [0.25, 0.3) is 0 Å². The first-order valence-electron chi connectivity index (χ1n) is 9.25. The molecule has 25 heavy (non-hydrogen) atoms. The van der Waals surface area contributed by atoms with Gasteiger partial charge in [-0.1, -0.05) is 0 Å². The van der Waals surface area contributed by atoms with Crippen LogP contribution in [0.3, 0.4) is 0 Å². The van der Waals surface area contributed by atoms with Crippen molar-refractivity contribution in [2.45, 2.75) is 38.7 Å². The Kier molecular flexibility index (Phi) is 3.69. The summed E-state index contributed by atoms with van der Waals surface area (Å²) in [7, 11) is 1.89. The van der Waals surface area contributed by atoms with E-state index in [1.54, 1.807) is 16.0 Å². The van der Waals surface area contributed by atoms with Crippen molar-refractivity contribution in [3.05, 3.63) is 23.5 Å². The summed E-state index contributed by atoms with van der Waals surface area (Å²) in [5.41, 5.74) is 1.84. The minimum absolute atomic E-state index is 0.0183. The molecule has 0 amide bonds. The molecular weight excluding hydrogens is 334 g/mol. The van der Waals surface area contributed by atoms with Crippen LogP contribution in [0.5, 0.6) is 0 Å². The number of hydrogen-bond donors (Lipinski definition) is 0. The molecule has 132 valence electrons. The molecule has 6 rings (SSSR count). The number of nitrogens with zero attached hydrogens (tertiary/aromatic N) is 3. The summed E-state index contributed by atoms with van der Waals surface area (Å²) in [5, 5.41) is 7.08. The van der Waals surface area contributed by atoms with Crippen LogP contribution >= 0.6 is 11.3 Å². The molecule has 2 heterocycles. The molecule has 5 nitrogen and oxygen atoms in total. The highest BCUT2D eigenvalue weighted by molar-refractivity contribution is 7.13. The average molecular weight is 357 g/mol. The Morgan fingerprint density at radius 2 is 1.96 bits per heavy atom. The van der Waals surface area contributed by atoms with Crippen molar-refractivity contribution < 1.29 is 9.53 Å². The number of aryl methyl sites for hydroxylation is 1. The molecule has 4 aliphatic rings. The van der Waals surface area contributed by atoms with Gasteiger partial charge in [-0.2, -0.15) is 5.10 Å². The number of rotatable bonds is 4. The second kappa shape index (κ2) is 5.94. The first kappa shape index (κ1) is 15.6. The van der Waals surface area contributed by atoms with E-state index in [9.17, 15) is 4.79 Å². The van der Waals surface area contributed by atoms with Crippen LogP contribution in [-0.2, 0) is 23.2 Å². The predicted molar refractivity (Wildman–Crippen MR) is 94.6 cm³/mol. The van der Waals surface area contributed by atoms with Crippen LogP contribution in [0, 0.1) is 29.6 Å². The van der Waals surface area contributed by atoms with Gasteiger partial charge >= 0.3 is 5.97 Å². The van der Waals surface area contributed by atoms with Crippen molar-refractivity contribution in [1.29, 1.82) is 0 Å². The van der Waals surface area contributed by atoms with E-state index in [0.717, 1.165) is 28.1 Å². The smallest absolute Gasteiger partial charge is 0.309 e. The predicted octanol–water partition coefficient (Wildman–Crippen LogP) is 3.66. The largest absolute Gasteiger partial charge is 0.459 e. The Labute approximate surface area is 151 Å². The maximum absolute atomic E-state index is 12.7. The third-order valence-electron chi connectivity index (χ3n) is 6.36. The van der Waals surface area contributed by atoms with E-state index in [2.05, 4.69) is 10.1 Å². The highest BCUT2D eigenvalue weighted by Gasteiger charge is 2.51. The molecule has 6 heteroatoms. The normalized spacial score (nSPS) is 32.9. The molecule has 0 aromatic carbocycles. The van der Waals surface area contributed by atoms with Crippen molar-refractivity contribution in [2.24, 2.45) is 36.6 Å². The van der Waals surface area contributed by atoms with E-state index in [-0.39, 0.29) is 11.9 Å². The highest BCUT2D eigenvalue weighted by Crippen LogP contribution is 2.56. The molecule has 0 unspecified atom stereocenters. The second-order valence-corrected chi connectivity index (χ2v) is 8.97. The molecule has 0 N–H and O–H groups in total. The number of aromatic nitrogens is 3. The van der Waals surface area contributed by atoms with Gasteiger partial charge in [-0.15, -0.1) is 11.3 Å². The Morgan fingerprint density at radius 1 is 1.24 bits per heavy atom. The molecule has 0 aliphatic heterocycles. The van der Waals surface area contributed by atoms with E-state index in [1.165, 1.54) is 32.1 Å². The monoisotopic (exact) mass is 357 g/mol. The summed E-state index contributed by atoms with van der Waals surface area (Å²) in [5.74, 6) is 3.07. The van der Waals surface area contributed by atoms with E-state index >= 15 is 0 Å².